The van der Waals surface area contributed by atoms with E-state index < -0.39 is 10.0 Å². The first-order valence-electron chi connectivity index (χ1n) is 9.73. The lowest BCUT2D eigenvalue weighted by Crippen LogP contribution is -2.40. The van der Waals surface area contributed by atoms with Crippen LogP contribution in [0.4, 0.5) is 0 Å². The van der Waals surface area contributed by atoms with Gasteiger partial charge in [-0.25, -0.2) is 12.7 Å². The van der Waals surface area contributed by atoms with E-state index in [-0.39, 0.29) is 11.7 Å². The van der Waals surface area contributed by atoms with Crippen LogP contribution in [-0.4, -0.2) is 60.5 Å². The van der Waals surface area contributed by atoms with Gasteiger partial charge in [-0.1, -0.05) is 6.07 Å². The van der Waals surface area contributed by atoms with Crippen LogP contribution < -0.4 is 9.47 Å². The smallest absolute Gasteiger partial charge is 0.213 e. The third-order valence-corrected chi connectivity index (χ3v) is 7.53. The van der Waals surface area contributed by atoms with Crippen LogP contribution in [0.15, 0.2) is 18.2 Å². The van der Waals surface area contributed by atoms with Gasteiger partial charge in [0, 0.05) is 25.6 Å². The number of benzene rings is 1. The van der Waals surface area contributed by atoms with E-state index in [0.29, 0.717) is 35.9 Å². The largest absolute Gasteiger partial charge is 0.493 e. The summed E-state index contributed by atoms with van der Waals surface area (Å²) in [4.78, 5) is 0. The number of hydrogen-bond acceptors (Lipinski definition) is 6. The van der Waals surface area contributed by atoms with Gasteiger partial charge in [0.2, 0.25) is 10.0 Å². The highest BCUT2D eigenvalue weighted by molar-refractivity contribution is 7.89. The number of hydrogen-bond donors (Lipinski definition) is 1. The molecule has 1 aromatic carbocycles. The summed E-state index contributed by atoms with van der Waals surface area (Å²) in [5, 5.41) is 7.32. The molecule has 10 heteroatoms. The molecule has 0 saturated carbocycles. The molecule has 29 heavy (non-hydrogen) atoms. The number of ether oxygens (including phenoxy) is 2. The molecule has 2 heterocycles. The maximum Gasteiger partial charge on any atom is 0.213 e. The molecule has 8 nitrogen and oxygen atoms in total. The first-order valence-corrected chi connectivity index (χ1v) is 11.7. The van der Waals surface area contributed by atoms with Gasteiger partial charge in [0.1, 0.15) is 5.82 Å². The van der Waals surface area contributed by atoms with Crippen molar-refractivity contribution in [2.24, 2.45) is 0 Å². The Bertz CT molecular complexity index is 1000. The molecule has 0 aliphatic carbocycles. The SMILES string of the molecule is CCS(=O)(=O)N1CCC[C@@H](c2n[nH]c(=S)n2CCc2ccc(OC)c(OC)c2)C1. The van der Waals surface area contributed by atoms with Gasteiger partial charge in [0.15, 0.2) is 16.3 Å². The predicted octanol–water partition coefficient (Wildman–Crippen LogP) is 2.73. The van der Waals surface area contributed by atoms with Crippen LogP contribution in [0.1, 0.15) is 37.1 Å². The monoisotopic (exact) mass is 440 g/mol. The number of methoxy groups -OCH3 is 2. The number of nitrogens with one attached hydrogen (secondary N) is 1. The number of aromatic amines is 1. The van der Waals surface area contributed by atoms with Crippen molar-refractivity contribution in [3.63, 3.8) is 0 Å². The van der Waals surface area contributed by atoms with E-state index in [1.807, 2.05) is 22.8 Å². The summed E-state index contributed by atoms with van der Waals surface area (Å²) in [6.45, 7) is 3.35. The predicted molar refractivity (Wildman–Crippen MR) is 114 cm³/mol. The standard InChI is InChI=1S/C19H28N4O4S2/c1-4-29(24,25)22-10-5-6-15(13-22)18-20-21-19(28)23(18)11-9-14-7-8-16(26-2)17(12-14)27-3/h7-8,12,15H,4-6,9-11,13H2,1-3H3,(H,21,28)/t15-/m1/s1. The van der Waals surface area contributed by atoms with E-state index >= 15 is 0 Å². The summed E-state index contributed by atoms with van der Waals surface area (Å²) >= 11 is 5.44. The topological polar surface area (TPSA) is 89.5 Å². The number of piperidine rings is 1. The molecule has 0 radical (unpaired) electrons. The van der Waals surface area contributed by atoms with Gasteiger partial charge < -0.3 is 14.0 Å². The van der Waals surface area contributed by atoms with E-state index in [9.17, 15) is 8.42 Å². The van der Waals surface area contributed by atoms with Gasteiger partial charge in [-0.05, 0) is 56.1 Å². The molecule has 3 rings (SSSR count). The molecule has 1 fully saturated rings. The second kappa shape index (κ2) is 9.27. The minimum Gasteiger partial charge on any atom is -0.493 e. The summed E-state index contributed by atoms with van der Waals surface area (Å²) < 4.78 is 39.4. The molecular formula is C19H28N4O4S2. The first kappa shape index (κ1) is 21.8. The lowest BCUT2D eigenvalue weighted by molar-refractivity contribution is 0.304. The minimum absolute atomic E-state index is 0.0310. The van der Waals surface area contributed by atoms with E-state index in [1.54, 1.807) is 25.4 Å². The number of H-pyrrole nitrogens is 1. The zero-order valence-corrected chi connectivity index (χ0v) is 18.7. The third kappa shape index (κ3) is 4.81. The van der Waals surface area contributed by atoms with Crippen molar-refractivity contribution in [2.45, 2.75) is 38.6 Å². The van der Waals surface area contributed by atoms with Crippen LogP contribution in [0.25, 0.3) is 0 Å². The van der Waals surface area contributed by atoms with Crippen LogP contribution in [0, 0.1) is 4.77 Å². The Morgan fingerprint density at radius 1 is 1.28 bits per heavy atom. The molecule has 1 aliphatic rings. The van der Waals surface area contributed by atoms with Crippen molar-refractivity contribution >= 4 is 22.2 Å². The highest BCUT2D eigenvalue weighted by Gasteiger charge is 2.31. The van der Waals surface area contributed by atoms with Gasteiger partial charge in [0.05, 0.1) is 20.0 Å². The number of rotatable bonds is 8. The molecule has 0 amide bonds. The maximum atomic E-state index is 12.3. The fraction of sp³-hybridized carbons (Fsp3) is 0.579. The minimum atomic E-state index is -3.20. The van der Waals surface area contributed by atoms with E-state index in [4.69, 9.17) is 21.7 Å². The van der Waals surface area contributed by atoms with Gasteiger partial charge in [-0.2, -0.15) is 5.10 Å². The lowest BCUT2D eigenvalue weighted by atomic mass is 9.98. The highest BCUT2D eigenvalue weighted by Crippen LogP contribution is 2.29. The van der Waals surface area contributed by atoms with Crippen LogP contribution in [0.5, 0.6) is 11.5 Å². The Hall–Kier alpha value is -1.91. The van der Waals surface area contributed by atoms with Gasteiger partial charge in [-0.3, -0.25) is 5.10 Å². The molecule has 1 atom stereocenters. The average molecular weight is 441 g/mol. The zero-order chi connectivity index (χ0) is 21.0. The van der Waals surface area contributed by atoms with Crippen LogP contribution in [0.3, 0.4) is 0 Å². The molecule has 0 bridgehead atoms. The maximum absolute atomic E-state index is 12.3. The zero-order valence-electron chi connectivity index (χ0n) is 17.1. The van der Waals surface area contributed by atoms with Gasteiger partial charge >= 0.3 is 0 Å². The van der Waals surface area contributed by atoms with Gasteiger partial charge in [-0.15, -0.1) is 0 Å². The van der Waals surface area contributed by atoms with Crippen molar-refractivity contribution in [1.82, 2.24) is 19.1 Å². The first-order chi connectivity index (χ1) is 13.9. The fourth-order valence-electron chi connectivity index (χ4n) is 3.72. The number of aromatic nitrogens is 3. The summed E-state index contributed by atoms with van der Waals surface area (Å²) in [5.74, 6) is 2.35. The van der Waals surface area contributed by atoms with Crippen molar-refractivity contribution < 1.29 is 17.9 Å². The Kier molecular flexibility index (Phi) is 6.97. The quantitative estimate of drug-likeness (QED) is 0.635. The van der Waals surface area contributed by atoms with E-state index in [2.05, 4.69) is 10.2 Å². The molecule has 2 aromatic rings. The molecule has 1 aliphatic heterocycles. The van der Waals surface area contributed by atoms with Crippen molar-refractivity contribution in [3.8, 4) is 11.5 Å². The lowest BCUT2D eigenvalue weighted by Gasteiger charge is -2.31. The second-order valence-electron chi connectivity index (χ2n) is 7.08. The van der Waals surface area contributed by atoms with E-state index in [0.717, 1.165) is 30.7 Å². The second-order valence-corrected chi connectivity index (χ2v) is 9.72. The Morgan fingerprint density at radius 2 is 2.03 bits per heavy atom. The summed E-state index contributed by atoms with van der Waals surface area (Å²) in [7, 11) is 0.0246. The van der Waals surface area contributed by atoms with Crippen molar-refractivity contribution in [1.29, 1.82) is 0 Å². The molecule has 160 valence electrons. The molecular weight excluding hydrogens is 412 g/mol. The van der Waals surface area contributed by atoms with Crippen LogP contribution >= 0.6 is 12.2 Å². The van der Waals surface area contributed by atoms with Gasteiger partial charge in [0.25, 0.3) is 0 Å². The highest BCUT2D eigenvalue weighted by atomic mass is 32.2. The summed E-state index contributed by atoms with van der Waals surface area (Å²) in [5.41, 5.74) is 1.09. The van der Waals surface area contributed by atoms with Crippen LogP contribution in [0.2, 0.25) is 0 Å². The molecule has 0 spiro atoms. The molecule has 1 N–H and O–H groups in total. The summed E-state index contributed by atoms with van der Waals surface area (Å²) in [6, 6.07) is 5.84. The Labute approximate surface area is 176 Å². The Balaban J connectivity index is 1.77. The molecule has 1 saturated heterocycles. The van der Waals surface area contributed by atoms with E-state index in [1.165, 1.54) is 0 Å². The Morgan fingerprint density at radius 3 is 2.72 bits per heavy atom. The molecule has 0 unspecified atom stereocenters. The normalized spacial score (nSPS) is 18.0. The summed E-state index contributed by atoms with van der Waals surface area (Å²) in [6.07, 6.45) is 2.45. The van der Waals surface area contributed by atoms with Crippen molar-refractivity contribution in [3.05, 3.63) is 34.4 Å². The number of nitrogens with zero attached hydrogens (tertiary/aromatic N) is 3. The van der Waals surface area contributed by atoms with Crippen molar-refractivity contribution in [2.75, 3.05) is 33.1 Å². The molecule has 1 aromatic heterocycles. The number of aryl methyl sites for hydroxylation is 1. The third-order valence-electron chi connectivity index (χ3n) is 5.37. The number of sulfonamides is 1. The average Bonchev–Trinajstić information content (AvgIpc) is 3.12. The van der Waals surface area contributed by atoms with Crippen LogP contribution in [-0.2, 0) is 23.0 Å². The fourth-order valence-corrected chi connectivity index (χ4v) is 5.13.